The van der Waals surface area contributed by atoms with E-state index in [0.29, 0.717) is 76.7 Å². The molecule has 49 heavy (non-hydrogen) atoms. The predicted octanol–water partition coefficient (Wildman–Crippen LogP) is 3.80. The summed E-state index contributed by atoms with van der Waals surface area (Å²) in [6.45, 7) is 6.09. The number of aryl methyl sites for hydroxylation is 1. The van der Waals surface area contributed by atoms with E-state index in [1.807, 2.05) is 6.92 Å². The molecule has 3 amide bonds. The Hall–Kier alpha value is -4.23. The summed E-state index contributed by atoms with van der Waals surface area (Å²) in [4.78, 5) is 42.0. The smallest absolute Gasteiger partial charge is 0.322 e. The standard InChI is InChI=1S/C36H44FN7O5/c1-3-25-27(37)7-6-22-16-24(45)17-29(30(22)25)42-15-9-26-28(18-42)38-34(49-21-35-10-4-14-44(35)23(8-12-35)19-48-2)39-31(26)43-13-5-11-36(20-43)32(46)40-33(47)41-36/h6-7,16-17,23,45H,3-5,8-15,18-21H2,1-2H3,(H2,40,41,46,47)/t23-,35+,36?/m0/s1. The van der Waals surface area contributed by atoms with Gasteiger partial charge in [-0.25, -0.2) is 9.18 Å². The molecule has 1 unspecified atom stereocenters. The monoisotopic (exact) mass is 673 g/mol. The molecule has 3 N–H and O–H groups in total. The number of aromatic nitrogens is 2. The van der Waals surface area contributed by atoms with Gasteiger partial charge in [-0.2, -0.15) is 9.97 Å². The van der Waals surface area contributed by atoms with Crippen LogP contribution in [0.15, 0.2) is 24.3 Å². The summed E-state index contributed by atoms with van der Waals surface area (Å²) in [5.41, 5.74) is 2.04. The lowest BCUT2D eigenvalue weighted by molar-refractivity contribution is -0.124. The summed E-state index contributed by atoms with van der Waals surface area (Å²) in [6.07, 6.45) is 6.60. The molecule has 4 saturated heterocycles. The number of phenols is 1. The number of hydrogen-bond acceptors (Lipinski definition) is 10. The van der Waals surface area contributed by atoms with Crippen LogP contribution in [0.5, 0.6) is 11.8 Å². The number of rotatable bonds is 8. The maximum Gasteiger partial charge on any atom is 0.322 e. The average molecular weight is 674 g/mol. The molecule has 3 atom stereocenters. The lowest BCUT2D eigenvalue weighted by Gasteiger charge is -2.40. The van der Waals surface area contributed by atoms with Crippen LogP contribution in [0, 0.1) is 5.82 Å². The molecule has 0 aliphatic carbocycles. The third kappa shape index (κ3) is 5.41. The van der Waals surface area contributed by atoms with Crippen LogP contribution in [0.2, 0.25) is 0 Å². The van der Waals surface area contributed by atoms with E-state index in [9.17, 15) is 14.7 Å². The third-order valence-corrected chi connectivity index (χ3v) is 11.5. The zero-order valence-electron chi connectivity index (χ0n) is 28.2. The van der Waals surface area contributed by atoms with Crippen LogP contribution in [0.1, 0.15) is 62.3 Å². The van der Waals surface area contributed by atoms with E-state index in [0.717, 1.165) is 65.8 Å². The molecule has 260 valence electrons. The van der Waals surface area contributed by atoms with Crippen molar-refractivity contribution in [1.29, 1.82) is 0 Å². The predicted molar refractivity (Wildman–Crippen MR) is 182 cm³/mol. The fraction of sp³-hybridized carbons (Fsp3) is 0.556. The van der Waals surface area contributed by atoms with Crippen molar-refractivity contribution in [2.45, 2.75) is 82.0 Å². The number of phenolic OH excluding ortho intramolecular Hbond substituents is 1. The maximum atomic E-state index is 15.1. The van der Waals surface area contributed by atoms with Gasteiger partial charge in [0.2, 0.25) is 0 Å². The number of aromatic hydroxyl groups is 1. The van der Waals surface area contributed by atoms with E-state index in [-0.39, 0.29) is 29.0 Å². The molecule has 12 nitrogen and oxygen atoms in total. The maximum absolute atomic E-state index is 15.1. The zero-order valence-corrected chi connectivity index (χ0v) is 28.2. The van der Waals surface area contributed by atoms with Gasteiger partial charge in [0.15, 0.2) is 0 Å². The first-order valence-corrected chi connectivity index (χ1v) is 17.6. The molecule has 5 aliphatic heterocycles. The Balaban J connectivity index is 1.16. The van der Waals surface area contributed by atoms with E-state index in [1.165, 1.54) is 6.07 Å². The zero-order chi connectivity index (χ0) is 33.9. The average Bonchev–Trinajstić information content (AvgIpc) is 3.74. The first kappa shape index (κ1) is 32.0. The molecule has 0 saturated carbocycles. The molecule has 2 aromatic carbocycles. The second-order valence-corrected chi connectivity index (χ2v) is 14.3. The highest BCUT2D eigenvalue weighted by Gasteiger charge is 2.51. The first-order valence-electron chi connectivity index (χ1n) is 17.6. The summed E-state index contributed by atoms with van der Waals surface area (Å²) in [6, 6.07) is 6.76. The molecule has 0 bridgehead atoms. The SMILES string of the molecule is CCc1c(F)ccc2cc(O)cc(N3CCc4c(nc(OC[C@]56CCCN5[C@H](COC)CC6)nc4N4CCCC5(C4)NC(=O)NC5=O)C3)c12. The summed E-state index contributed by atoms with van der Waals surface area (Å²) >= 11 is 0. The van der Waals surface area contributed by atoms with Crippen molar-refractivity contribution < 1.29 is 28.6 Å². The fourth-order valence-corrected chi connectivity index (χ4v) is 9.22. The number of carbonyl (C=O) groups excluding carboxylic acids is 2. The van der Waals surface area contributed by atoms with Crippen molar-refractivity contribution in [3.8, 4) is 11.8 Å². The van der Waals surface area contributed by atoms with Crippen LogP contribution in [-0.4, -0.2) is 95.5 Å². The minimum absolute atomic E-state index is 0.0861. The van der Waals surface area contributed by atoms with Crippen LogP contribution in [0.3, 0.4) is 0 Å². The number of imide groups is 1. The molecule has 1 aromatic heterocycles. The van der Waals surface area contributed by atoms with Crippen molar-refractivity contribution in [2.75, 3.05) is 56.3 Å². The van der Waals surface area contributed by atoms with Crippen LogP contribution in [-0.2, 0) is 28.9 Å². The van der Waals surface area contributed by atoms with Crippen LogP contribution >= 0.6 is 0 Å². The fourth-order valence-electron chi connectivity index (χ4n) is 9.22. The van der Waals surface area contributed by atoms with Crippen molar-refractivity contribution in [3.05, 3.63) is 46.9 Å². The number of urea groups is 1. The number of benzene rings is 2. The summed E-state index contributed by atoms with van der Waals surface area (Å²) in [7, 11) is 1.75. The number of fused-ring (bicyclic) bond motifs is 3. The van der Waals surface area contributed by atoms with Gasteiger partial charge in [-0.15, -0.1) is 0 Å². The van der Waals surface area contributed by atoms with Gasteiger partial charge in [-0.3, -0.25) is 15.0 Å². The van der Waals surface area contributed by atoms with Gasteiger partial charge in [0.25, 0.3) is 5.91 Å². The Labute approximate surface area is 284 Å². The normalized spacial score (nSPS) is 26.7. The lowest BCUT2D eigenvalue weighted by atomic mass is 9.88. The van der Waals surface area contributed by atoms with Crippen molar-refractivity contribution in [3.63, 3.8) is 0 Å². The van der Waals surface area contributed by atoms with E-state index in [1.54, 1.807) is 25.3 Å². The second-order valence-electron chi connectivity index (χ2n) is 14.3. The molecule has 0 radical (unpaired) electrons. The van der Waals surface area contributed by atoms with Crippen molar-refractivity contribution in [2.24, 2.45) is 0 Å². The summed E-state index contributed by atoms with van der Waals surface area (Å²) < 4.78 is 27.2. The summed E-state index contributed by atoms with van der Waals surface area (Å²) in [5.74, 6) is 0.267. The Bertz CT molecular complexity index is 1820. The number of amides is 3. The highest BCUT2D eigenvalue weighted by molar-refractivity contribution is 6.07. The van der Waals surface area contributed by atoms with Gasteiger partial charge < -0.3 is 29.7 Å². The van der Waals surface area contributed by atoms with E-state index >= 15 is 4.39 Å². The van der Waals surface area contributed by atoms with Crippen LogP contribution < -0.4 is 25.2 Å². The van der Waals surface area contributed by atoms with E-state index in [2.05, 4.69) is 25.3 Å². The van der Waals surface area contributed by atoms with Gasteiger partial charge in [-0.1, -0.05) is 13.0 Å². The van der Waals surface area contributed by atoms with Gasteiger partial charge in [-0.05, 0) is 81.0 Å². The number of nitrogens with one attached hydrogen (secondary N) is 2. The topological polar surface area (TPSA) is 132 Å². The largest absolute Gasteiger partial charge is 0.508 e. The molecule has 5 aliphatic rings. The van der Waals surface area contributed by atoms with Crippen LogP contribution in [0.25, 0.3) is 10.8 Å². The molecule has 6 heterocycles. The molecule has 4 fully saturated rings. The highest BCUT2D eigenvalue weighted by atomic mass is 19.1. The molecule has 1 spiro atoms. The van der Waals surface area contributed by atoms with Gasteiger partial charge in [0.1, 0.15) is 29.5 Å². The Kier molecular flexibility index (Phi) is 8.02. The van der Waals surface area contributed by atoms with E-state index < -0.39 is 11.6 Å². The van der Waals surface area contributed by atoms with Crippen LogP contribution in [0.4, 0.5) is 20.7 Å². The number of hydrogen-bond donors (Lipinski definition) is 3. The molecular formula is C36H44FN7O5. The van der Waals surface area contributed by atoms with Gasteiger partial charge in [0.05, 0.1) is 30.9 Å². The van der Waals surface area contributed by atoms with Crippen molar-refractivity contribution in [1.82, 2.24) is 25.5 Å². The minimum atomic E-state index is -1.01. The summed E-state index contributed by atoms with van der Waals surface area (Å²) in [5, 5.41) is 17.6. The quantitative estimate of drug-likeness (QED) is 0.304. The Morgan fingerprint density at radius 3 is 2.73 bits per heavy atom. The van der Waals surface area contributed by atoms with Crippen molar-refractivity contribution >= 4 is 34.2 Å². The number of halogens is 1. The molecule has 8 rings (SSSR count). The second kappa shape index (κ2) is 12.3. The van der Waals surface area contributed by atoms with Gasteiger partial charge in [0, 0.05) is 48.9 Å². The Morgan fingerprint density at radius 2 is 1.94 bits per heavy atom. The number of carbonyl (C=O) groups is 2. The molecular weight excluding hydrogens is 629 g/mol. The molecule has 3 aromatic rings. The first-order chi connectivity index (χ1) is 23.7. The lowest BCUT2D eigenvalue weighted by Crippen LogP contribution is -2.59. The minimum Gasteiger partial charge on any atom is -0.508 e. The van der Waals surface area contributed by atoms with E-state index in [4.69, 9.17) is 19.4 Å². The third-order valence-electron chi connectivity index (χ3n) is 11.5. The number of anilines is 2. The number of nitrogens with zero attached hydrogens (tertiary/aromatic N) is 5. The molecule has 13 heteroatoms. The van der Waals surface area contributed by atoms with Gasteiger partial charge >= 0.3 is 12.0 Å². The number of methoxy groups -OCH3 is 1. The Morgan fingerprint density at radius 1 is 1.08 bits per heavy atom. The number of ether oxygens (including phenoxy) is 2. The number of piperidine rings is 1. The highest BCUT2D eigenvalue weighted by Crippen LogP contribution is 2.44.